The van der Waals surface area contributed by atoms with Crippen LogP contribution >= 0.6 is 0 Å². The smallest absolute Gasteiger partial charge is 0.411 e. The molecule has 0 unspecified atom stereocenters. The molecular weight excluding hydrogens is 460 g/mol. The number of carbonyl (C=O) groups excluding carboxylic acids is 1. The summed E-state index contributed by atoms with van der Waals surface area (Å²) in [7, 11) is 0. The van der Waals surface area contributed by atoms with Gasteiger partial charge in [-0.1, -0.05) is 0 Å². The first kappa shape index (κ1) is 24.1. The van der Waals surface area contributed by atoms with Crippen molar-refractivity contribution < 1.29 is 40.6 Å². The third kappa shape index (κ3) is 5.81. The van der Waals surface area contributed by atoms with Crippen molar-refractivity contribution in [2.45, 2.75) is 37.6 Å². The molecule has 1 amide bonds. The minimum atomic E-state index is -4.72. The molecule has 2 atom stereocenters. The van der Waals surface area contributed by atoms with Gasteiger partial charge in [0.15, 0.2) is 12.6 Å². The van der Waals surface area contributed by atoms with E-state index in [2.05, 4.69) is 25.0 Å². The number of nitrogens with one attached hydrogen (secondary N) is 1. The predicted octanol–water partition coefficient (Wildman–Crippen LogP) is 3.39. The lowest BCUT2D eigenvalue weighted by atomic mass is 9.87. The van der Waals surface area contributed by atoms with Crippen LogP contribution in [0.15, 0.2) is 35.6 Å². The summed E-state index contributed by atoms with van der Waals surface area (Å²) in [5, 5.41) is 2.40. The molecule has 1 aromatic carbocycles. The summed E-state index contributed by atoms with van der Waals surface area (Å²) in [5.41, 5.74) is 3.09. The van der Waals surface area contributed by atoms with Crippen molar-refractivity contribution >= 4 is 17.6 Å². The molecule has 33 heavy (non-hydrogen) atoms. The molecule has 178 valence electrons. The van der Waals surface area contributed by atoms with Gasteiger partial charge in [0.2, 0.25) is 5.88 Å². The lowest BCUT2D eigenvalue weighted by Crippen LogP contribution is -2.46. The minimum absolute atomic E-state index is 0.0192. The number of amides is 1. The number of anilines is 1. The van der Waals surface area contributed by atoms with Gasteiger partial charge in [0.1, 0.15) is 17.1 Å². The van der Waals surface area contributed by atoms with E-state index in [1.54, 1.807) is 0 Å². The number of hydrogen-bond donors (Lipinski definition) is 2. The molecular formula is C19H17F6N5O3. The molecule has 2 aromatic rings. The third-order valence-corrected chi connectivity index (χ3v) is 4.59. The summed E-state index contributed by atoms with van der Waals surface area (Å²) in [4.78, 5) is 23.0. The molecule has 0 saturated carbocycles. The minimum Gasteiger partial charge on any atom is -0.470 e. The first-order chi connectivity index (χ1) is 15.4. The van der Waals surface area contributed by atoms with E-state index in [9.17, 15) is 31.1 Å². The number of ether oxygens (including phenoxy) is 2. The zero-order chi connectivity index (χ0) is 24.4. The van der Waals surface area contributed by atoms with Crippen molar-refractivity contribution in [3.8, 4) is 5.88 Å². The van der Waals surface area contributed by atoms with Crippen LogP contribution in [0.25, 0.3) is 0 Å². The first-order valence-corrected chi connectivity index (χ1v) is 9.31. The van der Waals surface area contributed by atoms with E-state index >= 15 is 0 Å². The highest BCUT2D eigenvalue weighted by atomic mass is 19.4. The molecule has 0 radical (unpaired) electrons. The highest BCUT2D eigenvalue weighted by Gasteiger charge is 2.49. The number of aliphatic imine (C=N–C) groups is 1. The Balaban J connectivity index is 1.79. The average molecular weight is 477 g/mol. The van der Waals surface area contributed by atoms with Crippen molar-refractivity contribution in [2.75, 3.05) is 11.9 Å². The maximum Gasteiger partial charge on any atom is 0.411 e. The summed E-state index contributed by atoms with van der Waals surface area (Å²) >= 11 is 0. The summed E-state index contributed by atoms with van der Waals surface area (Å²) in [6.45, 7) is 0.324. The second-order valence-corrected chi connectivity index (χ2v) is 7.15. The van der Waals surface area contributed by atoms with E-state index in [4.69, 9.17) is 10.5 Å². The average Bonchev–Trinajstić information content (AvgIpc) is 2.72. The Hall–Kier alpha value is -3.58. The van der Waals surface area contributed by atoms with Crippen LogP contribution < -0.4 is 15.8 Å². The molecule has 14 heteroatoms. The Labute approximate surface area is 182 Å². The van der Waals surface area contributed by atoms with E-state index in [0.29, 0.717) is 0 Å². The Morgan fingerprint density at radius 3 is 2.67 bits per heavy atom. The number of nitrogens with zero attached hydrogens (tertiary/aromatic N) is 3. The van der Waals surface area contributed by atoms with Crippen molar-refractivity contribution in [1.29, 1.82) is 0 Å². The van der Waals surface area contributed by atoms with Crippen LogP contribution in [0.1, 0.15) is 29.4 Å². The lowest BCUT2D eigenvalue weighted by Gasteiger charge is -2.37. The second kappa shape index (κ2) is 9.11. The molecule has 3 N–H and O–H groups in total. The number of hydrogen-bond acceptors (Lipinski definition) is 7. The maximum atomic E-state index is 14.5. The van der Waals surface area contributed by atoms with Crippen molar-refractivity contribution in [3.63, 3.8) is 0 Å². The standard InChI is InChI=1S/C19H17F6N5O3/c1-18(5-13(19(23,24)25)30-17(26)33-18)10-4-9(2-3-11(10)20)29-16(31)12-6-28-15(7-27-12)32-8-14(21)22/h2-4,6-7,13-14H,5,8H2,1H3,(H2,26,30)(H,29,31)/t13-,18-/m0/s1. The quantitative estimate of drug-likeness (QED) is 0.617. The fourth-order valence-electron chi connectivity index (χ4n) is 3.08. The van der Waals surface area contributed by atoms with Crippen LogP contribution in [0, 0.1) is 5.82 Å². The topological polar surface area (TPSA) is 112 Å². The predicted molar refractivity (Wildman–Crippen MR) is 102 cm³/mol. The molecule has 8 nitrogen and oxygen atoms in total. The van der Waals surface area contributed by atoms with Crippen LogP contribution in [0.5, 0.6) is 5.88 Å². The highest BCUT2D eigenvalue weighted by Crippen LogP contribution is 2.41. The highest BCUT2D eigenvalue weighted by molar-refractivity contribution is 6.02. The van der Waals surface area contributed by atoms with E-state index in [1.165, 1.54) is 13.0 Å². The fourth-order valence-corrected chi connectivity index (χ4v) is 3.08. The molecule has 1 aliphatic rings. The molecule has 0 saturated heterocycles. The van der Waals surface area contributed by atoms with Gasteiger partial charge in [0, 0.05) is 17.7 Å². The van der Waals surface area contributed by atoms with Gasteiger partial charge in [-0.15, -0.1) is 0 Å². The van der Waals surface area contributed by atoms with E-state index < -0.39 is 55.0 Å². The van der Waals surface area contributed by atoms with Crippen LogP contribution in [-0.2, 0) is 10.3 Å². The number of aromatic nitrogens is 2. The molecule has 0 aliphatic carbocycles. The van der Waals surface area contributed by atoms with Crippen LogP contribution in [-0.4, -0.2) is 47.1 Å². The van der Waals surface area contributed by atoms with Crippen molar-refractivity contribution in [1.82, 2.24) is 9.97 Å². The lowest BCUT2D eigenvalue weighted by molar-refractivity contribution is -0.164. The summed E-state index contributed by atoms with van der Waals surface area (Å²) in [6.07, 6.45) is -6.25. The number of nitrogens with two attached hydrogens (primary N) is 1. The van der Waals surface area contributed by atoms with Gasteiger partial charge >= 0.3 is 6.18 Å². The maximum absolute atomic E-state index is 14.5. The van der Waals surface area contributed by atoms with Gasteiger partial charge < -0.3 is 20.5 Å². The zero-order valence-corrected chi connectivity index (χ0v) is 16.9. The Morgan fingerprint density at radius 2 is 2.06 bits per heavy atom. The van der Waals surface area contributed by atoms with Gasteiger partial charge in [-0.25, -0.2) is 28.1 Å². The number of amidine groups is 1. The molecule has 0 fully saturated rings. The number of carbonyl (C=O) groups is 1. The Morgan fingerprint density at radius 1 is 1.33 bits per heavy atom. The van der Waals surface area contributed by atoms with E-state index in [0.717, 1.165) is 24.5 Å². The van der Waals surface area contributed by atoms with Crippen molar-refractivity contribution in [2.24, 2.45) is 10.7 Å². The monoisotopic (exact) mass is 477 g/mol. The number of alkyl halides is 5. The molecule has 3 rings (SSSR count). The molecule has 1 aliphatic heterocycles. The van der Waals surface area contributed by atoms with Gasteiger partial charge in [-0.05, 0) is 25.1 Å². The number of benzene rings is 1. The Kier molecular flexibility index (Phi) is 6.65. The van der Waals surface area contributed by atoms with Gasteiger partial charge in [-0.2, -0.15) is 13.2 Å². The third-order valence-electron chi connectivity index (χ3n) is 4.59. The van der Waals surface area contributed by atoms with Gasteiger partial charge in [0.25, 0.3) is 18.4 Å². The van der Waals surface area contributed by atoms with E-state index in [1.807, 2.05) is 0 Å². The van der Waals surface area contributed by atoms with Crippen LogP contribution in [0.3, 0.4) is 0 Å². The summed E-state index contributed by atoms with van der Waals surface area (Å²) in [6, 6.07) is 0.276. The van der Waals surface area contributed by atoms with E-state index in [-0.39, 0.29) is 22.8 Å². The largest absolute Gasteiger partial charge is 0.470 e. The summed E-state index contributed by atoms with van der Waals surface area (Å²) in [5.74, 6) is -1.91. The zero-order valence-electron chi connectivity index (χ0n) is 16.9. The molecule has 0 bridgehead atoms. The Bertz CT molecular complexity index is 1050. The van der Waals surface area contributed by atoms with Crippen LogP contribution in [0.2, 0.25) is 0 Å². The SMILES string of the molecule is C[C@@]1(c2cc(NC(=O)c3cnc(OCC(F)F)cn3)ccc2F)C[C@@H](C(F)(F)F)N=C(N)O1. The molecule has 0 spiro atoms. The van der Waals surface area contributed by atoms with Crippen LogP contribution in [0.4, 0.5) is 32.0 Å². The van der Waals surface area contributed by atoms with Gasteiger partial charge in [-0.3, -0.25) is 4.79 Å². The number of halogens is 6. The molecule has 1 aromatic heterocycles. The number of rotatable bonds is 6. The normalized spacial score (nSPS) is 20.7. The second-order valence-electron chi connectivity index (χ2n) is 7.15. The first-order valence-electron chi connectivity index (χ1n) is 9.31. The van der Waals surface area contributed by atoms with Gasteiger partial charge in [0.05, 0.1) is 12.4 Å². The molecule has 2 heterocycles. The summed E-state index contributed by atoms with van der Waals surface area (Å²) < 4.78 is 88.4. The fraction of sp³-hybridized carbons (Fsp3) is 0.368. The van der Waals surface area contributed by atoms with Crippen molar-refractivity contribution in [3.05, 3.63) is 47.7 Å².